The van der Waals surface area contributed by atoms with E-state index in [1.165, 1.54) is 29.9 Å². The second kappa shape index (κ2) is 6.06. The largest absolute Gasteiger partial charge is 0.478 e. The van der Waals surface area contributed by atoms with E-state index in [1.54, 1.807) is 18.2 Å². The summed E-state index contributed by atoms with van der Waals surface area (Å²) in [5, 5.41) is 9.11. The first-order chi connectivity index (χ1) is 9.93. The lowest BCUT2D eigenvalue weighted by molar-refractivity contribution is 0.0695. The van der Waals surface area contributed by atoms with E-state index in [0.717, 1.165) is 0 Å². The fraction of sp³-hybridized carbons (Fsp3) is 0.231. The fourth-order valence-electron chi connectivity index (χ4n) is 1.90. The SMILES string of the molecule is CN(CCc1ccccc1C(=O)O)S(=O)(=O)c1cnc[nH]1. The monoisotopic (exact) mass is 309 g/mol. The molecule has 0 bridgehead atoms. The summed E-state index contributed by atoms with van der Waals surface area (Å²) in [4.78, 5) is 17.3. The first-order valence-corrected chi connectivity index (χ1v) is 7.63. The molecule has 21 heavy (non-hydrogen) atoms. The number of aromatic amines is 1. The van der Waals surface area contributed by atoms with Gasteiger partial charge in [-0.2, -0.15) is 4.31 Å². The lowest BCUT2D eigenvalue weighted by Crippen LogP contribution is -2.29. The summed E-state index contributed by atoms with van der Waals surface area (Å²) < 4.78 is 25.5. The van der Waals surface area contributed by atoms with Crippen molar-refractivity contribution in [1.82, 2.24) is 14.3 Å². The predicted molar refractivity (Wildman–Crippen MR) is 75.5 cm³/mol. The van der Waals surface area contributed by atoms with Crippen LogP contribution < -0.4 is 0 Å². The molecule has 0 atom stereocenters. The van der Waals surface area contributed by atoms with Crippen LogP contribution in [0.2, 0.25) is 0 Å². The van der Waals surface area contributed by atoms with Gasteiger partial charge in [-0.3, -0.25) is 0 Å². The van der Waals surface area contributed by atoms with Gasteiger partial charge >= 0.3 is 5.97 Å². The van der Waals surface area contributed by atoms with Crippen molar-refractivity contribution in [3.63, 3.8) is 0 Å². The van der Waals surface area contributed by atoms with E-state index in [2.05, 4.69) is 9.97 Å². The summed E-state index contributed by atoms with van der Waals surface area (Å²) in [7, 11) is -2.19. The molecule has 2 rings (SSSR count). The Kier molecular flexibility index (Phi) is 4.39. The van der Waals surface area contributed by atoms with E-state index in [4.69, 9.17) is 5.11 Å². The van der Waals surface area contributed by atoms with Gasteiger partial charge < -0.3 is 10.1 Å². The number of aromatic nitrogens is 2. The number of imidazole rings is 1. The van der Waals surface area contributed by atoms with Crippen molar-refractivity contribution in [1.29, 1.82) is 0 Å². The van der Waals surface area contributed by atoms with E-state index >= 15 is 0 Å². The predicted octanol–water partition coefficient (Wildman–Crippen LogP) is 0.971. The van der Waals surface area contributed by atoms with Gasteiger partial charge in [0.2, 0.25) is 0 Å². The topological polar surface area (TPSA) is 103 Å². The van der Waals surface area contributed by atoms with Crippen molar-refractivity contribution < 1.29 is 18.3 Å². The van der Waals surface area contributed by atoms with Gasteiger partial charge in [-0.15, -0.1) is 0 Å². The minimum atomic E-state index is -3.63. The van der Waals surface area contributed by atoms with Crippen LogP contribution in [0.5, 0.6) is 0 Å². The van der Waals surface area contributed by atoms with Crippen LogP contribution in [-0.4, -0.2) is 47.4 Å². The number of carbonyl (C=O) groups is 1. The maximum atomic E-state index is 12.2. The Hall–Kier alpha value is -2.19. The number of carboxylic acid groups (broad SMARTS) is 1. The first-order valence-electron chi connectivity index (χ1n) is 6.19. The molecule has 2 aromatic rings. The van der Waals surface area contributed by atoms with Crippen molar-refractivity contribution in [2.75, 3.05) is 13.6 Å². The van der Waals surface area contributed by atoms with Crippen LogP contribution in [-0.2, 0) is 16.4 Å². The maximum Gasteiger partial charge on any atom is 0.335 e. The zero-order chi connectivity index (χ0) is 15.5. The molecule has 7 nitrogen and oxygen atoms in total. The van der Waals surface area contributed by atoms with Crippen molar-refractivity contribution in [2.45, 2.75) is 11.4 Å². The highest BCUT2D eigenvalue weighted by Gasteiger charge is 2.22. The maximum absolute atomic E-state index is 12.2. The van der Waals surface area contributed by atoms with Gasteiger partial charge in [-0.05, 0) is 18.1 Å². The zero-order valence-corrected chi connectivity index (χ0v) is 12.2. The van der Waals surface area contributed by atoms with E-state index in [0.29, 0.717) is 12.0 Å². The lowest BCUT2D eigenvalue weighted by atomic mass is 10.1. The third kappa shape index (κ3) is 3.29. The first kappa shape index (κ1) is 15.2. The molecule has 0 fully saturated rings. The van der Waals surface area contributed by atoms with Gasteiger partial charge in [0, 0.05) is 13.6 Å². The molecule has 2 N–H and O–H groups in total. The number of sulfonamides is 1. The molecule has 0 aliphatic carbocycles. The van der Waals surface area contributed by atoms with Gasteiger partial charge in [0.15, 0.2) is 5.03 Å². The van der Waals surface area contributed by atoms with Crippen LogP contribution in [0.1, 0.15) is 15.9 Å². The average molecular weight is 309 g/mol. The molecule has 0 aliphatic heterocycles. The van der Waals surface area contributed by atoms with Crippen molar-refractivity contribution in [3.8, 4) is 0 Å². The highest BCUT2D eigenvalue weighted by atomic mass is 32.2. The van der Waals surface area contributed by atoms with Gasteiger partial charge in [0.25, 0.3) is 10.0 Å². The molecular formula is C13H15N3O4S. The molecule has 1 heterocycles. The van der Waals surface area contributed by atoms with Crippen LogP contribution in [0.25, 0.3) is 0 Å². The second-order valence-corrected chi connectivity index (χ2v) is 6.47. The van der Waals surface area contributed by atoms with Crippen LogP contribution in [0.3, 0.4) is 0 Å². The summed E-state index contributed by atoms with van der Waals surface area (Å²) in [6.07, 6.45) is 2.84. The van der Waals surface area contributed by atoms with E-state index in [9.17, 15) is 13.2 Å². The molecule has 0 radical (unpaired) electrons. The number of hydrogen-bond donors (Lipinski definition) is 2. The number of benzene rings is 1. The summed E-state index contributed by atoms with van der Waals surface area (Å²) >= 11 is 0. The zero-order valence-electron chi connectivity index (χ0n) is 11.4. The number of carboxylic acids is 1. The average Bonchev–Trinajstić information content (AvgIpc) is 2.99. The Morgan fingerprint density at radius 3 is 2.71 bits per heavy atom. The number of nitrogens with one attached hydrogen (secondary N) is 1. The van der Waals surface area contributed by atoms with Crippen molar-refractivity contribution in [2.24, 2.45) is 0 Å². The van der Waals surface area contributed by atoms with Gasteiger partial charge in [-0.25, -0.2) is 18.2 Å². The second-order valence-electron chi connectivity index (χ2n) is 4.45. The molecular weight excluding hydrogens is 294 g/mol. The van der Waals surface area contributed by atoms with Gasteiger partial charge in [-0.1, -0.05) is 18.2 Å². The normalized spacial score (nSPS) is 11.7. The van der Waals surface area contributed by atoms with E-state index < -0.39 is 16.0 Å². The van der Waals surface area contributed by atoms with Crippen molar-refractivity contribution >= 4 is 16.0 Å². The third-order valence-corrected chi connectivity index (χ3v) is 4.89. The number of aromatic carboxylic acids is 1. The van der Waals surface area contributed by atoms with E-state index in [-0.39, 0.29) is 17.1 Å². The van der Waals surface area contributed by atoms with E-state index in [1.807, 2.05) is 0 Å². The molecule has 0 amide bonds. The van der Waals surface area contributed by atoms with Gasteiger partial charge in [0.05, 0.1) is 18.1 Å². The molecule has 112 valence electrons. The summed E-state index contributed by atoms with van der Waals surface area (Å²) in [6, 6.07) is 6.55. The Balaban J connectivity index is 2.12. The molecule has 0 saturated carbocycles. The minimum Gasteiger partial charge on any atom is -0.478 e. The van der Waals surface area contributed by atoms with Crippen LogP contribution >= 0.6 is 0 Å². The fourth-order valence-corrected chi connectivity index (χ4v) is 2.96. The number of nitrogens with zero attached hydrogens (tertiary/aromatic N) is 2. The summed E-state index contributed by atoms with van der Waals surface area (Å²) in [5.74, 6) is -1.02. The van der Waals surface area contributed by atoms with Crippen LogP contribution in [0.4, 0.5) is 0 Å². The van der Waals surface area contributed by atoms with Crippen LogP contribution in [0, 0.1) is 0 Å². The lowest BCUT2D eigenvalue weighted by Gasteiger charge is -2.16. The quantitative estimate of drug-likeness (QED) is 0.827. The molecule has 0 aliphatic rings. The number of likely N-dealkylation sites (N-methyl/N-ethyl adjacent to an activating group) is 1. The highest BCUT2D eigenvalue weighted by molar-refractivity contribution is 7.89. The molecule has 0 spiro atoms. The Morgan fingerprint density at radius 1 is 1.38 bits per heavy atom. The Labute approximate surface area is 122 Å². The van der Waals surface area contributed by atoms with Crippen LogP contribution in [0.15, 0.2) is 41.8 Å². The third-order valence-electron chi connectivity index (χ3n) is 3.11. The Morgan fingerprint density at radius 2 is 2.10 bits per heavy atom. The molecule has 0 saturated heterocycles. The smallest absolute Gasteiger partial charge is 0.335 e. The number of hydrogen-bond acceptors (Lipinski definition) is 4. The van der Waals surface area contributed by atoms with Crippen molar-refractivity contribution in [3.05, 3.63) is 47.9 Å². The number of H-pyrrole nitrogens is 1. The Bertz CT molecular complexity index is 726. The molecule has 0 unspecified atom stereocenters. The summed E-state index contributed by atoms with van der Waals surface area (Å²) in [5.41, 5.74) is 0.779. The molecule has 1 aromatic carbocycles. The number of rotatable bonds is 6. The summed E-state index contributed by atoms with van der Waals surface area (Å²) in [6.45, 7) is 0.172. The standard InChI is InChI=1S/C13H15N3O4S/c1-16(21(19,20)12-8-14-9-15-12)7-6-10-4-2-3-5-11(10)13(17)18/h2-5,8-9H,6-7H2,1H3,(H,14,15)(H,17,18). The highest BCUT2D eigenvalue weighted by Crippen LogP contribution is 2.13. The molecule has 8 heteroatoms. The molecule has 1 aromatic heterocycles. The van der Waals surface area contributed by atoms with Gasteiger partial charge in [0.1, 0.15) is 0 Å². The minimum absolute atomic E-state index is 0.0107.